The number of carbonyl (C=O) groups excluding carboxylic acids is 1. The summed E-state index contributed by atoms with van der Waals surface area (Å²) in [6, 6.07) is 10.1. The number of hydrogen-bond donors (Lipinski definition) is 1. The maximum absolute atomic E-state index is 11.9. The number of nitrogens with zero attached hydrogens (tertiary/aromatic N) is 4. The number of hydrogen-bond acceptors (Lipinski definition) is 4. The molecule has 144 valence electrons. The molecule has 0 saturated carbocycles. The SMILES string of the molecule is CN=C(NCCc1cnn(-c2ccccc2)c1)N1CC(C)C(C(=O)OC)C1. The van der Waals surface area contributed by atoms with E-state index < -0.39 is 0 Å². The molecule has 0 radical (unpaired) electrons. The molecule has 3 rings (SSSR count). The van der Waals surface area contributed by atoms with Gasteiger partial charge in [0.05, 0.1) is 24.9 Å². The van der Waals surface area contributed by atoms with Crippen molar-refractivity contribution in [2.45, 2.75) is 13.3 Å². The van der Waals surface area contributed by atoms with E-state index in [-0.39, 0.29) is 17.8 Å². The van der Waals surface area contributed by atoms with Gasteiger partial charge in [-0.2, -0.15) is 5.10 Å². The Kier molecular flexibility index (Phi) is 6.11. The first-order valence-electron chi connectivity index (χ1n) is 9.24. The summed E-state index contributed by atoms with van der Waals surface area (Å²) < 4.78 is 6.79. The zero-order valence-corrected chi connectivity index (χ0v) is 16.1. The topological polar surface area (TPSA) is 71.8 Å². The van der Waals surface area contributed by atoms with Crippen LogP contribution in [0, 0.1) is 11.8 Å². The largest absolute Gasteiger partial charge is 0.469 e. The number of carbonyl (C=O) groups is 1. The number of benzene rings is 1. The van der Waals surface area contributed by atoms with E-state index in [9.17, 15) is 4.79 Å². The van der Waals surface area contributed by atoms with Crippen LogP contribution in [0.1, 0.15) is 12.5 Å². The zero-order chi connectivity index (χ0) is 19.2. The first-order chi connectivity index (χ1) is 13.1. The molecule has 1 saturated heterocycles. The van der Waals surface area contributed by atoms with Crippen LogP contribution in [0.25, 0.3) is 5.69 Å². The maximum atomic E-state index is 11.9. The quantitative estimate of drug-likeness (QED) is 0.494. The number of aromatic nitrogens is 2. The van der Waals surface area contributed by atoms with Crippen molar-refractivity contribution in [3.05, 3.63) is 48.3 Å². The number of guanidine groups is 1. The van der Waals surface area contributed by atoms with Gasteiger partial charge in [0.1, 0.15) is 0 Å². The third-order valence-electron chi connectivity index (χ3n) is 4.98. The predicted molar refractivity (Wildman–Crippen MR) is 105 cm³/mol. The molecule has 7 nitrogen and oxygen atoms in total. The van der Waals surface area contributed by atoms with Crippen LogP contribution in [0.5, 0.6) is 0 Å². The Morgan fingerprint density at radius 2 is 2.11 bits per heavy atom. The third-order valence-corrected chi connectivity index (χ3v) is 4.98. The van der Waals surface area contributed by atoms with Crippen molar-refractivity contribution in [1.82, 2.24) is 20.0 Å². The molecule has 7 heteroatoms. The summed E-state index contributed by atoms with van der Waals surface area (Å²) >= 11 is 0. The Morgan fingerprint density at radius 3 is 2.81 bits per heavy atom. The highest BCUT2D eigenvalue weighted by molar-refractivity contribution is 5.82. The lowest BCUT2D eigenvalue weighted by atomic mass is 9.99. The molecular formula is C20H27N5O2. The van der Waals surface area contributed by atoms with Crippen LogP contribution < -0.4 is 5.32 Å². The molecule has 2 unspecified atom stereocenters. The Bertz CT molecular complexity index is 787. The summed E-state index contributed by atoms with van der Waals surface area (Å²) in [5.41, 5.74) is 2.21. The lowest BCUT2D eigenvalue weighted by Crippen LogP contribution is -2.41. The Hall–Kier alpha value is -2.83. The molecular weight excluding hydrogens is 342 g/mol. The lowest BCUT2D eigenvalue weighted by molar-refractivity contribution is -0.145. The normalized spacial score (nSPS) is 20.0. The molecule has 1 aliphatic heterocycles. The molecule has 1 fully saturated rings. The highest BCUT2D eigenvalue weighted by Crippen LogP contribution is 2.24. The van der Waals surface area contributed by atoms with Crippen LogP contribution in [0.4, 0.5) is 0 Å². The van der Waals surface area contributed by atoms with Gasteiger partial charge in [0, 0.05) is 32.9 Å². The average molecular weight is 369 g/mol. The maximum Gasteiger partial charge on any atom is 0.310 e. The van der Waals surface area contributed by atoms with Crippen LogP contribution in [-0.2, 0) is 16.0 Å². The molecule has 2 aromatic rings. The van der Waals surface area contributed by atoms with Gasteiger partial charge in [0.25, 0.3) is 0 Å². The number of nitrogens with one attached hydrogen (secondary N) is 1. The minimum absolute atomic E-state index is 0.0994. The number of esters is 1. The van der Waals surface area contributed by atoms with Crippen LogP contribution in [-0.4, -0.2) is 60.4 Å². The number of rotatable bonds is 5. The van der Waals surface area contributed by atoms with Crippen molar-refractivity contribution in [1.29, 1.82) is 0 Å². The Morgan fingerprint density at radius 1 is 1.33 bits per heavy atom. The zero-order valence-electron chi connectivity index (χ0n) is 16.1. The predicted octanol–water partition coefficient (Wildman–Crippen LogP) is 1.73. The highest BCUT2D eigenvalue weighted by atomic mass is 16.5. The fourth-order valence-corrected chi connectivity index (χ4v) is 3.46. The van der Waals surface area contributed by atoms with Gasteiger partial charge in [0.2, 0.25) is 0 Å². The van der Waals surface area contributed by atoms with E-state index in [0.717, 1.165) is 36.7 Å². The van der Waals surface area contributed by atoms with E-state index in [1.54, 1.807) is 7.05 Å². The molecule has 0 amide bonds. The van der Waals surface area contributed by atoms with Crippen molar-refractivity contribution in [3.8, 4) is 5.69 Å². The van der Waals surface area contributed by atoms with Crippen LogP contribution in [0.2, 0.25) is 0 Å². The average Bonchev–Trinajstić information content (AvgIpc) is 3.32. The second kappa shape index (κ2) is 8.70. The van der Waals surface area contributed by atoms with Gasteiger partial charge >= 0.3 is 5.97 Å². The fraction of sp³-hybridized carbons (Fsp3) is 0.450. The minimum Gasteiger partial charge on any atom is -0.469 e. The van der Waals surface area contributed by atoms with E-state index in [0.29, 0.717) is 6.54 Å². The van der Waals surface area contributed by atoms with Gasteiger partial charge in [-0.3, -0.25) is 9.79 Å². The Balaban J connectivity index is 1.52. The van der Waals surface area contributed by atoms with Crippen molar-refractivity contribution in [2.75, 3.05) is 33.8 Å². The second-order valence-electron chi connectivity index (χ2n) is 6.86. The molecule has 1 aromatic heterocycles. The number of methoxy groups -OCH3 is 1. The van der Waals surface area contributed by atoms with Crippen LogP contribution in [0.3, 0.4) is 0 Å². The molecule has 2 atom stereocenters. The summed E-state index contributed by atoms with van der Waals surface area (Å²) in [6.45, 7) is 4.26. The molecule has 1 N–H and O–H groups in total. The summed E-state index contributed by atoms with van der Waals surface area (Å²) in [5.74, 6) is 0.829. The first-order valence-corrected chi connectivity index (χ1v) is 9.24. The van der Waals surface area contributed by atoms with Crippen molar-refractivity contribution < 1.29 is 9.53 Å². The third kappa shape index (κ3) is 4.48. The van der Waals surface area contributed by atoms with Crippen molar-refractivity contribution >= 4 is 11.9 Å². The molecule has 0 spiro atoms. The molecule has 1 aromatic carbocycles. The van der Waals surface area contributed by atoms with Gasteiger partial charge in [-0.1, -0.05) is 25.1 Å². The molecule has 0 bridgehead atoms. The van der Waals surface area contributed by atoms with E-state index in [4.69, 9.17) is 4.74 Å². The van der Waals surface area contributed by atoms with E-state index in [2.05, 4.69) is 27.2 Å². The van der Waals surface area contributed by atoms with Gasteiger partial charge in [0.15, 0.2) is 5.96 Å². The van der Waals surface area contributed by atoms with Crippen molar-refractivity contribution in [2.24, 2.45) is 16.8 Å². The number of likely N-dealkylation sites (tertiary alicyclic amines) is 1. The number of aliphatic imine (C=N–C) groups is 1. The van der Waals surface area contributed by atoms with E-state index in [1.165, 1.54) is 7.11 Å². The minimum atomic E-state index is -0.145. The molecule has 0 aliphatic carbocycles. The summed E-state index contributed by atoms with van der Waals surface area (Å²) in [5, 5.41) is 7.82. The van der Waals surface area contributed by atoms with E-state index >= 15 is 0 Å². The van der Waals surface area contributed by atoms with Gasteiger partial charge in [-0.05, 0) is 30.0 Å². The number of ether oxygens (including phenoxy) is 1. The smallest absolute Gasteiger partial charge is 0.310 e. The van der Waals surface area contributed by atoms with Crippen LogP contribution >= 0.6 is 0 Å². The van der Waals surface area contributed by atoms with Gasteiger partial charge < -0.3 is 15.0 Å². The second-order valence-corrected chi connectivity index (χ2v) is 6.86. The standard InChI is InChI=1S/C20H27N5O2/c1-15-12-24(14-18(15)19(26)27-3)20(21-2)22-10-9-16-11-23-25(13-16)17-7-5-4-6-8-17/h4-8,11,13,15,18H,9-10,12,14H2,1-3H3,(H,21,22). The lowest BCUT2D eigenvalue weighted by Gasteiger charge is -2.21. The summed E-state index contributed by atoms with van der Waals surface area (Å²) in [6.07, 6.45) is 4.78. The molecule has 2 heterocycles. The highest BCUT2D eigenvalue weighted by Gasteiger charge is 2.36. The monoisotopic (exact) mass is 369 g/mol. The summed E-state index contributed by atoms with van der Waals surface area (Å²) in [7, 11) is 3.21. The fourth-order valence-electron chi connectivity index (χ4n) is 3.46. The first kappa shape index (κ1) is 18.9. The van der Waals surface area contributed by atoms with Crippen molar-refractivity contribution in [3.63, 3.8) is 0 Å². The summed E-state index contributed by atoms with van der Waals surface area (Å²) in [4.78, 5) is 18.4. The van der Waals surface area contributed by atoms with Gasteiger partial charge in [-0.15, -0.1) is 0 Å². The molecule has 1 aliphatic rings. The van der Waals surface area contributed by atoms with Gasteiger partial charge in [-0.25, -0.2) is 4.68 Å². The number of para-hydroxylation sites is 1. The Labute approximate surface area is 160 Å². The van der Waals surface area contributed by atoms with E-state index in [1.807, 2.05) is 47.4 Å². The molecule has 27 heavy (non-hydrogen) atoms. The van der Waals surface area contributed by atoms with Crippen LogP contribution in [0.15, 0.2) is 47.7 Å².